The number of aryl methyl sites for hydroxylation is 1. The molecule has 0 unspecified atom stereocenters. The number of methoxy groups -OCH3 is 1. The maximum absolute atomic E-state index is 12.3. The SMILES string of the molecule is COc1ccc(C(=O)N2CCSCC2)c(C)c1. The fourth-order valence-corrected chi connectivity index (χ4v) is 2.84. The Morgan fingerprint density at radius 3 is 2.65 bits per heavy atom. The Morgan fingerprint density at radius 1 is 1.35 bits per heavy atom. The average molecular weight is 251 g/mol. The molecule has 1 saturated heterocycles. The number of hydrogen-bond donors (Lipinski definition) is 0. The van der Waals surface area contributed by atoms with E-state index in [9.17, 15) is 4.79 Å². The van der Waals surface area contributed by atoms with Crippen LogP contribution in [-0.2, 0) is 0 Å². The lowest BCUT2D eigenvalue weighted by Crippen LogP contribution is -2.38. The molecule has 0 N–H and O–H groups in total. The number of carbonyl (C=O) groups excluding carboxylic acids is 1. The lowest BCUT2D eigenvalue weighted by atomic mass is 10.1. The van der Waals surface area contributed by atoms with Crippen LogP contribution in [0.3, 0.4) is 0 Å². The minimum Gasteiger partial charge on any atom is -0.497 e. The number of carbonyl (C=O) groups is 1. The van der Waals surface area contributed by atoms with Crippen molar-refractivity contribution in [2.24, 2.45) is 0 Å². The predicted molar refractivity (Wildman–Crippen MR) is 71.0 cm³/mol. The van der Waals surface area contributed by atoms with E-state index < -0.39 is 0 Å². The summed E-state index contributed by atoms with van der Waals surface area (Å²) in [6.45, 7) is 3.67. The van der Waals surface area contributed by atoms with Crippen molar-refractivity contribution in [1.29, 1.82) is 0 Å². The van der Waals surface area contributed by atoms with Crippen molar-refractivity contribution in [3.8, 4) is 5.75 Å². The van der Waals surface area contributed by atoms with Crippen molar-refractivity contribution in [2.45, 2.75) is 6.92 Å². The number of ether oxygens (including phenoxy) is 1. The lowest BCUT2D eigenvalue weighted by Gasteiger charge is -2.27. The highest BCUT2D eigenvalue weighted by Gasteiger charge is 2.19. The summed E-state index contributed by atoms with van der Waals surface area (Å²) >= 11 is 1.91. The molecule has 0 saturated carbocycles. The monoisotopic (exact) mass is 251 g/mol. The third kappa shape index (κ3) is 2.75. The molecular formula is C13H17NO2S. The molecule has 1 heterocycles. The molecule has 0 bridgehead atoms. The largest absolute Gasteiger partial charge is 0.497 e. The van der Waals surface area contributed by atoms with E-state index in [1.165, 1.54) is 0 Å². The molecule has 1 aliphatic heterocycles. The molecule has 17 heavy (non-hydrogen) atoms. The van der Waals surface area contributed by atoms with Gasteiger partial charge in [0.05, 0.1) is 7.11 Å². The Hall–Kier alpha value is -1.16. The molecule has 4 heteroatoms. The first-order valence-corrected chi connectivity index (χ1v) is 6.89. The Bertz CT molecular complexity index is 414. The number of thioether (sulfide) groups is 1. The van der Waals surface area contributed by atoms with Crippen molar-refractivity contribution in [3.63, 3.8) is 0 Å². The average Bonchev–Trinajstić information content (AvgIpc) is 2.39. The van der Waals surface area contributed by atoms with E-state index in [2.05, 4.69) is 0 Å². The molecular weight excluding hydrogens is 234 g/mol. The summed E-state index contributed by atoms with van der Waals surface area (Å²) in [7, 11) is 1.64. The van der Waals surface area contributed by atoms with Crippen LogP contribution in [0.1, 0.15) is 15.9 Å². The van der Waals surface area contributed by atoms with Gasteiger partial charge >= 0.3 is 0 Å². The highest BCUT2D eigenvalue weighted by Crippen LogP contribution is 2.20. The van der Waals surface area contributed by atoms with Gasteiger partial charge in [-0.15, -0.1) is 0 Å². The second-order valence-electron chi connectivity index (χ2n) is 4.09. The minimum atomic E-state index is 0.144. The van der Waals surface area contributed by atoms with Gasteiger partial charge in [-0.3, -0.25) is 4.79 Å². The van der Waals surface area contributed by atoms with Crippen LogP contribution in [0.4, 0.5) is 0 Å². The highest BCUT2D eigenvalue weighted by molar-refractivity contribution is 7.99. The third-order valence-electron chi connectivity index (χ3n) is 2.96. The number of amides is 1. The Morgan fingerprint density at radius 2 is 2.06 bits per heavy atom. The minimum absolute atomic E-state index is 0.144. The van der Waals surface area contributed by atoms with Crippen LogP contribution in [0, 0.1) is 6.92 Å². The van der Waals surface area contributed by atoms with Gasteiger partial charge in [0.1, 0.15) is 5.75 Å². The van der Waals surface area contributed by atoms with Crippen LogP contribution in [0.15, 0.2) is 18.2 Å². The van der Waals surface area contributed by atoms with Crippen LogP contribution < -0.4 is 4.74 Å². The van der Waals surface area contributed by atoms with Gasteiger partial charge in [-0.05, 0) is 30.7 Å². The molecule has 2 rings (SSSR count). The van der Waals surface area contributed by atoms with Crippen LogP contribution in [0.2, 0.25) is 0 Å². The summed E-state index contributed by atoms with van der Waals surface area (Å²) in [6.07, 6.45) is 0. The zero-order chi connectivity index (χ0) is 12.3. The Kier molecular flexibility index (Phi) is 3.94. The van der Waals surface area contributed by atoms with E-state index in [1.54, 1.807) is 7.11 Å². The molecule has 1 aliphatic rings. The number of hydrogen-bond acceptors (Lipinski definition) is 3. The van der Waals surface area contributed by atoms with Crippen molar-refractivity contribution in [2.75, 3.05) is 31.7 Å². The zero-order valence-electron chi connectivity index (χ0n) is 10.2. The number of nitrogens with zero attached hydrogens (tertiary/aromatic N) is 1. The fourth-order valence-electron chi connectivity index (χ4n) is 1.94. The topological polar surface area (TPSA) is 29.5 Å². The Labute approximate surface area is 106 Å². The van der Waals surface area contributed by atoms with Gasteiger partial charge in [-0.25, -0.2) is 0 Å². The van der Waals surface area contributed by atoms with Gasteiger partial charge < -0.3 is 9.64 Å². The van der Waals surface area contributed by atoms with Gasteiger partial charge in [-0.1, -0.05) is 0 Å². The third-order valence-corrected chi connectivity index (χ3v) is 3.90. The maximum atomic E-state index is 12.3. The molecule has 0 radical (unpaired) electrons. The smallest absolute Gasteiger partial charge is 0.254 e. The number of benzene rings is 1. The lowest BCUT2D eigenvalue weighted by molar-refractivity contribution is 0.0771. The standard InChI is InChI=1S/C13H17NO2S/c1-10-9-11(16-2)3-4-12(10)13(15)14-5-7-17-8-6-14/h3-4,9H,5-8H2,1-2H3. The van der Waals surface area contributed by atoms with Gasteiger partial charge in [0.15, 0.2) is 0 Å². The molecule has 1 fully saturated rings. The fraction of sp³-hybridized carbons (Fsp3) is 0.462. The maximum Gasteiger partial charge on any atom is 0.254 e. The molecule has 1 aromatic rings. The van der Waals surface area contributed by atoms with Crippen LogP contribution in [0.5, 0.6) is 5.75 Å². The summed E-state index contributed by atoms with van der Waals surface area (Å²) in [5.74, 6) is 3.03. The summed E-state index contributed by atoms with van der Waals surface area (Å²) in [6, 6.07) is 5.61. The van der Waals surface area contributed by atoms with Crippen LogP contribution >= 0.6 is 11.8 Å². The summed E-state index contributed by atoms with van der Waals surface area (Å²) < 4.78 is 5.15. The van der Waals surface area contributed by atoms with Gasteiger partial charge in [0.2, 0.25) is 0 Å². The predicted octanol–water partition coefficient (Wildman–Crippen LogP) is 2.19. The van der Waals surface area contributed by atoms with Crippen molar-refractivity contribution in [1.82, 2.24) is 4.90 Å². The first-order valence-electron chi connectivity index (χ1n) is 5.74. The van der Waals surface area contributed by atoms with E-state index in [1.807, 2.05) is 41.8 Å². The second kappa shape index (κ2) is 5.45. The summed E-state index contributed by atoms with van der Waals surface area (Å²) in [5.41, 5.74) is 1.77. The quantitative estimate of drug-likeness (QED) is 0.807. The Balaban J connectivity index is 2.18. The van der Waals surface area contributed by atoms with Gasteiger partial charge in [0, 0.05) is 30.2 Å². The zero-order valence-corrected chi connectivity index (χ0v) is 11.0. The molecule has 0 spiro atoms. The van der Waals surface area contributed by atoms with E-state index in [0.29, 0.717) is 0 Å². The molecule has 0 aromatic heterocycles. The molecule has 1 amide bonds. The van der Waals surface area contributed by atoms with E-state index in [-0.39, 0.29) is 5.91 Å². The first-order chi connectivity index (χ1) is 8.22. The van der Waals surface area contributed by atoms with E-state index in [0.717, 1.165) is 41.5 Å². The van der Waals surface area contributed by atoms with Crippen molar-refractivity contribution in [3.05, 3.63) is 29.3 Å². The van der Waals surface area contributed by atoms with Crippen molar-refractivity contribution >= 4 is 17.7 Å². The second-order valence-corrected chi connectivity index (χ2v) is 5.31. The summed E-state index contributed by atoms with van der Waals surface area (Å²) in [5, 5.41) is 0. The molecule has 3 nitrogen and oxygen atoms in total. The molecule has 1 aromatic carbocycles. The van der Waals surface area contributed by atoms with Gasteiger partial charge in [-0.2, -0.15) is 11.8 Å². The molecule has 92 valence electrons. The van der Waals surface area contributed by atoms with Crippen LogP contribution in [-0.4, -0.2) is 42.5 Å². The number of rotatable bonds is 2. The normalized spacial score (nSPS) is 15.8. The van der Waals surface area contributed by atoms with E-state index in [4.69, 9.17) is 4.74 Å². The molecule has 0 aliphatic carbocycles. The van der Waals surface area contributed by atoms with Crippen LogP contribution in [0.25, 0.3) is 0 Å². The van der Waals surface area contributed by atoms with E-state index >= 15 is 0 Å². The van der Waals surface area contributed by atoms with Gasteiger partial charge in [0.25, 0.3) is 5.91 Å². The highest BCUT2D eigenvalue weighted by atomic mass is 32.2. The summed E-state index contributed by atoms with van der Waals surface area (Å²) in [4.78, 5) is 14.2. The van der Waals surface area contributed by atoms with Crippen molar-refractivity contribution < 1.29 is 9.53 Å². The first kappa shape index (κ1) is 12.3. The molecule has 0 atom stereocenters.